The van der Waals surface area contributed by atoms with Crippen molar-refractivity contribution in [3.05, 3.63) is 65.2 Å². The monoisotopic (exact) mass is 461 g/mol. The number of aromatic nitrogens is 3. The first kappa shape index (κ1) is 22.0. The van der Waals surface area contributed by atoms with E-state index in [2.05, 4.69) is 31.0 Å². The van der Waals surface area contributed by atoms with Crippen LogP contribution in [0.3, 0.4) is 0 Å². The van der Waals surface area contributed by atoms with Crippen LogP contribution in [0.1, 0.15) is 60.1 Å². The predicted octanol–water partition coefficient (Wildman–Crippen LogP) is 5.69. The van der Waals surface area contributed by atoms with Gasteiger partial charge in [-0.15, -0.1) is 10.2 Å². The molecule has 2 aliphatic rings. The Morgan fingerprint density at radius 1 is 1.03 bits per heavy atom. The number of carbonyl (C=O) groups excluding carboxylic acids is 1. The number of benzene rings is 2. The number of thioether (sulfide) groups is 1. The van der Waals surface area contributed by atoms with E-state index in [0.717, 1.165) is 59.4 Å². The van der Waals surface area contributed by atoms with Gasteiger partial charge in [0.25, 0.3) is 0 Å². The molecule has 1 saturated carbocycles. The van der Waals surface area contributed by atoms with Crippen LogP contribution >= 0.6 is 11.8 Å². The number of anilines is 2. The van der Waals surface area contributed by atoms with Gasteiger partial charge in [0.1, 0.15) is 5.25 Å². The fraction of sp³-hybridized carbons (Fsp3) is 0.423. The number of nitrogens with zero attached hydrogens (tertiary/aromatic N) is 4. The summed E-state index contributed by atoms with van der Waals surface area (Å²) < 4.78 is 2.29. The van der Waals surface area contributed by atoms with Crippen LogP contribution in [0.25, 0.3) is 0 Å². The van der Waals surface area contributed by atoms with E-state index in [-0.39, 0.29) is 5.91 Å². The van der Waals surface area contributed by atoms with Gasteiger partial charge >= 0.3 is 0 Å². The highest BCUT2D eigenvalue weighted by molar-refractivity contribution is 8.00. The van der Waals surface area contributed by atoms with Crippen LogP contribution in [0.4, 0.5) is 11.6 Å². The van der Waals surface area contributed by atoms with Crippen molar-refractivity contribution in [3.63, 3.8) is 0 Å². The summed E-state index contributed by atoms with van der Waals surface area (Å²) in [5.41, 5.74) is 4.01. The molecular formula is C26H31N5OS. The normalized spacial score (nSPS) is 17.1. The maximum absolute atomic E-state index is 13.6. The molecule has 33 heavy (non-hydrogen) atoms. The number of piperidine rings is 1. The number of amides is 1. The first-order chi connectivity index (χ1) is 16.1. The summed E-state index contributed by atoms with van der Waals surface area (Å²) in [6.45, 7) is 6.13. The maximum Gasteiger partial charge on any atom is 0.242 e. The second-order valence-corrected chi connectivity index (χ2v) is 10.2. The zero-order valence-electron chi connectivity index (χ0n) is 19.3. The second kappa shape index (κ2) is 9.59. The van der Waals surface area contributed by atoms with E-state index in [1.165, 1.54) is 31.0 Å². The van der Waals surface area contributed by atoms with Gasteiger partial charge in [-0.1, -0.05) is 54.2 Å². The molecule has 3 aromatic rings. The van der Waals surface area contributed by atoms with Crippen LogP contribution in [-0.2, 0) is 4.79 Å². The van der Waals surface area contributed by atoms with E-state index in [9.17, 15) is 4.79 Å². The Balaban J connectivity index is 1.45. The Kier molecular flexibility index (Phi) is 6.40. The van der Waals surface area contributed by atoms with Crippen LogP contribution in [0.15, 0.2) is 53.7 Å². The van der Waals surface area contributed by atoms with Gasteiger partial charge in [-0.2, -0.15) is 0 Å². The lowest BCUT2D eigenvalue weighted by molar-refractivity contribution is -0.115. The molecule has 1 amide bonds. The molecule has 1 saturated heterocycles. The first-order valence-electron chi connectivity index (χ1n) is 11.9. The lowest BCUT2D eigenvalue weighted by atomic mass is 10.1. The van der Waals surface area contributed by atoms with Crippen molar-refractivity contribution >= 4 is 29.3 Å². The van der Waals surface area contributed by atoms with Gasteiger partial charge in [0, 0.05) is 24.8 Å². The smallest absolute Gasteiger partial charge is 0.242 e. The SMILES string of the molecule is Cc1ccc(C)c(NC(=O)C(Sc2nnc(N3CCCCC3)n2C2CC2)c2ccccc2)c1. The maximum atomic E-state index is 13.6. The second-order valence-electron chi connectivity index (χ2n) is 9.15. The number of carbonyl (C=O) groups is 1. The van der Waals surface area contributed by atoms with Gasteiger partial charge in [0.2, 0.25) is 11.9 Å². The third-order valence-corrected chi connectivity index (χ3v) is 7.62. The van der Waals surface area contributed by atoms with Gasteiger partial charge < -0.3 is 10.2 Å². The van der Waals surface area contributed by atoms with Crippen molar-refractivity contribution in [2.75, 3.05) is 23.3 Å². The third kappa shape index (κ3) is 4.93. The van der Waals surface area contributed by atoms with Crippen LogP contribution in [-0.4, -0.2) is 33.8 Å². The number of rotatable bonds is 7. The van der Waals surface area contributed by atoms with Crippen molar-refractivity contribution in [2.45, 2.75) is 62.4 Å². The summed E-state index contributed by atoms with van der Waals surface area (Å²) in [7, 11) is 0. The molecule has 0 bridgehead atoms. The summed E-state index contributed by atoms with van der Waals surface area (Å²) >= 11 is 1.51. The highest BCUT2D eigenvalue weighted by Crippen LogP contribution is 2.44. The van der Waals surface area contributed by atoms with Crippen LogP contribution in [0.5, 0.6) is 0 Å². The molecule has 172 valence electrons. The molecule has 1 aliphatic heterocycles. The minimum absolute atomic E-state index is 0.0373. The third-order valence-electron chi connectivity index (χ3n) is 6.41. The molecule has 7 heteroatoms. The average Bonchev–Trinajstić information content (AvgIpc) is 3.60. The minimum atomic E-state index is -0.415. The molecule has 1 atom stereocenters. The number of hydrogen-bond donors (Lipinski definition) is 1. The van der Waals surface area contributed by atoms with E-state index >= 15 is 0 Å². The Bertz CT molecular complexity index is 1120. The van der Waals surface area contributed by atoms with Crippen molar-refractivity contribution in [1.29, 1.82) is 0 Å². The summed E-state index contributed by atoms with van der Waals surface area (Å²) in [6, 6.07) is 16.6. The van der Waals surface area contributed by atoms with E-state index < -0.39 is 5.25 Å². The molecule has 2 heterocycles. The molecule has 0 spiro atoms. The first-order valence-corrected chi connectivity index (χ1v) is 12.8. The molecule has 2 aromatic carbocycles. The van der Waals surface area contributed by atoms with Gasteiger partial charge in [0.15, 0.2) is 5.16 Å². The Morgan fingerprint density at radius 3 is 2.52 bits per heavy atom. The van der Waals surface area contributed by atoms with E-state index in [1.807, 2.05) is 56.3 Å². The molecular weight excluding hydrogens is 430 g/mol. The Hall–Kier alpha value is -2.80. The number of hydrogen-bond acceptors (Lipinski definition) is 5. The van der Waals surface area contributed by atoms with E-state index in [0.29, 0.717) is 6.04 Å². The molecule has 0 radical (unpaired) electrons. The van der Waals surface area contributed by atoms with Gasteiger partial charge in [-0.05, 0) is 68.7 Å². The van der Waals surface area contributed by atoms with E-state index in [1.54, 1.807) is 0 Å². The number of nitrogens with one attached hydrogen (secondary N) is 1. The zero-order chi connectivity index (χ0) is 22.8. The Labute approximate surface area is 199 Å². The lowest BCUT2D eigenvalue weighted by Crippen LogP contribution is -2.32. The molecule has 6 nitrogen and oxygen atoms in total. The van der Waals surface area contributed by atoms with Gasteiger partial charge in [-0.25, -0.2) is 0 Å². The van der Waals surface area contributed by atoms with Crippen molar-refractivity contribution in [2.24, 2.45) is 0 Å². The fourth-order valence-electron chi connectivity index (χ4n) is 4.39. The summed E-state index contributed by atoms with van der Waals surface area (Å²) in [6.07, 6.45) is 5.98. The molecule has 2 fully saturated rings. The summed E-state index contributed by atoms with van der Waals surface area (Å²) in [4.78, 5) is 16.0. The predicted molar refractivity (Wildman–Crippen MR) is 134 cm³/mol. The van der Waals surface area contributed by atoms with Crippen LogP contribution < -0.4 is 10.2 Å². The number of aryl methyl sites for hydroxylation is 2. The van der Waals surface area contributed by atoms with E-state index in [4.69, 9.17) is 0 Å². The standard InChI is InChI=1S/C26H31N5OS/c1-18-11-12-19(2)22(17-18)27-24(32)23(20-9-5-3-6-10-20)33-26-29-28-25(31(26)21-13-14-21)30-15-7-4-8-16-30/h3,5-6,9-12,17,21,23H,4,7-8,13-16H2,1-2H3,(H,27,32). The average molecular weight is 462 g/mol. The van der Waals surface area contributed by atoms with Gasteiger partial charge in [-0.3, -0.25) is 9.36 Å². The summed E-state index contributed by atoms with van der Waals surface area (Å²) in [5, 5.41) is 12.8. The van der Waals surface area contributed by atoms with Crippen molar-refractivity contribution < 1.29 is 4.79 Å². The topological polar surface area (TPSA) is 63.1 Å². The highest BCUT2D eigenvalue weighted by atomic mass is 32.2. The molecule has 1 unspecified atom stereocenters. The minimum Gasteiger partial charge on any atom is -0.341 e. The quantitative estimate of drug-likeness (QED) is 0.458. The van der Waals surface area contributed by atoms with Gasteiger partial charge in [0.05, 0.1) is 0 Å². The largest absolute Gasteiger partial charge is 0.341 e. The zero-order valence-corrected chi connectivity index (χ0v) is 20.1. The molecule has 1 aliphatic carbocycles. The van der Waals surface area contributed by atoms with Crippen molar-refractivity contribution in [3.8, 4) is 0 Å². The highest BCUT2D eigenvalue weighted by Gasteiger charge is 2.34. The van der Waals surface area contributed by atoms with Crippen LogP contribution in [0, 0.1) is 13.8 Å². The molecule has 1 aromatic heterocycles. The summed E-state index contributed by atoms with van der Waals surface area (Å²) in [5.74, 6) is 0.936. The van der Waals surface area contributed by atoms with Crippen LogP contribution in [0.2, 0.25) is 0 Å². The fourth-order valence-corrected chi connectivity index (χ4v) is 5.49. The lowest BCUT2D eigenvalue weighted by Gasteiger charge is -2.28. The molecule has 1 N–H and O–H groups in total. The van der Waals surface area contributed by atoms with Crippen molar-refractivity contribution in [1.82, 2.24) is 14.8 Å². The molecule has 5 rings (SSSR count). The Morgan fingerprint density at radius 2 is 1.79 bits per heavy atom.